The van der Waals surface area contributed by atoms with E-state index in [1.807, 2.05) is 0 Å². The van der Waals surface area contributed by atoms with Crippen LogP contribution in [0.1, 0.15) is 32.2 Å². The summed E-state index contributed by atoms with van der Waals surface area (Å²) in [6, 6.07) is 13.4. The first-order valence-corrected chi connectivity index (χ1v) is 7.50. The van der Waals surface area contributed by atoms with Crippen molar-refractivity contribution in [3.8, 4) is 5.75 Å². The molecule has 5 nitrogen and oxygen atoms in total. The van der Waals surface area contributed by atoms with E-state index in [4.69, 9.17) is 4.74 Å². The summed E-state index contributed by atoms with van der Waals surface area (Å²) in [6.45, 7) is 0.778. The van der Waals surface area contributed by atoms with E-state index in [0.29, 0.717) is 24.3 Å². The Balaban J connectivity index is 1.69. The molecule has 2 aliphatic heterocycles. The molecule has 0 aliphatic carbocycles. The fourth-order valence-electron chi connectivity index (χ4n) is 3.35. The third kappa shape index (κ3) is 2.12. The largest absolute Gasteiger partial charge is 0.508 e. The van der Waals surface area contributed by atoms with Crippen molar-refractivity contribution >= 4 is 11.8 Å². The molecule has 0 aromatic heterocycles. The number of amides is 2. The first-order valence-electron chi connectivity index (χ1n) is 7.50. The highest BCUT2D eigenvalue weighted by atomic mass is 16.5. The number of rotatable bonds is 2. The second kappa shape index (κ2) is 5.21. The first kappa shape index (κ1) is 14.0. The zero-order valence-electron chi connectivity index (χ0n) is 12.3. The molecule has 116 valence electrons. The zero-order chi connectivity index (χ0) is 16.0. The highest BCUT2D eigenvalue weighted by molar-refractivity contribution is 6.21. The molecule has 2 aliphatic rings. The third-order valence-corrected chi connectivity index (χ3v) is 4.53. The Bertz CT molecular complexity index is 749. The second-order valence-corrected chi connectivity index (χ2v) is 5.83. The minimum atomic E-state index is -0.327. The van der Waals surface area contributed by atoms with Crippen LogP contribution in [-0.2, 0) is 4.74 Å². The van der Waals surface area contributed by atoms with Crippen molar-refractivity contribution in [3.05, 3.63) is 65.2 Å². The van der Waals surface area contributed by atoms with E-state index in [1.54, 1.807) is 48.5 Å². The topological polar surface area (TPSA) is 66.8 Å². The Hall–Kier alpha value is -2.66. The van der Waals surface area contributed by atoms with Crippen LogP contribution in [0.25, 0.3) is 0 Å². The van der Waals surface area contributed by atoms with E-state index in [-0.39, 0.29) is 29.5 Å². The number of phenols is 1. The molecule has 2 aromatic rings. The van der Waals surface area contributed by atoms with E-state index >= 15 is 0 Å². The van der Waals surface area contributed by atoms with Crippen LogP contribution in [0.3, 0.4) is 0 Å². The van der Waals surface area contributed by atoms with Crippen LogP contribution in [0.4, 0.5) is 0 Å². The normalized spacial score (nSPS) is 23.4. The molecule has 23 heavy (non-hydrogen) atoms. The van der Waals surface area contributed by atoms with Crippen LogP contribution in [0.15, 0.2) is 48.5 Å². The maximum absolute atomic E-state index is 12.6. The number of ether oxygens (including phenoxy) is 1. The van der Waals surface area contributed by atoms with Gasteiger partial charge >= 0.3 is 0 Å². The maximum Gasteiger partial charge on any atom is 0.261 e. The van der Waals surface area contributed by atoms with Crippen LogP contribution in [0.2, 0.25) is 0 Å². The average molecular weight is 309 g/mol. The molecule has 1 fully saturated rings. The van der Waals surface area contributed by atoms with Gasteiger partial charge in [0.15, 0.2) is 0 Å². The van der Waals surface area contributed by atoms with Gasteiger partial charge in [-0.1, -0.05) is 24.3 Å². The predicted octanol–water partition coefficient (Wildman–Crippen LogP) is 2.17. The summed E-state index contributed by atoms with van der Waals surface area (Å²) in [5.41, 5.74) is 1.85. The Kier molecular flexibility index (Phi) is 3.16. The van der Waals surface area contributed by atoms with E-state index in [2.05, 4.69) is 0 Å². The van der Waals surface area contributed by atoms with Gasteiger partial charge in [0.1, 0.15) is 5.75 Å². The van der Waals surface area contributed by atoms with Crippen LogP contribution in [-0.4, -0.2) is 41.1 Å². The molecule has 0 bridgehead atoms. The molecule has 1 saturated heterocycles. The number of nitrogens with zero attached hydrogens (tertiary/aromatic N) is 1. The summed E-state index contributed by atoms with van der Waals surface area (Å²) < 4.78 is 5.55. The Morgan fingerprint density at radius 2 is 1.52 bits per heavy atom. The lowest BCUT2D eigenvalue weighted by atomic mass is 9.93. The van der Waals surface area contributed by atoms with Crippen molar-refractivity contribution in [1.82, 2.24) is 4.90 Å². The van der Waals surface area contributed by atoms with Crippen molar-refractivity contribution in [2.75, 3.05) is 13.2 Å². The lowest BCUT2D eigenvalue weighted by Crippen LogP contribution is -2.43. The number of phenolic OH excluding ortho intramolecular Hbond substituents is 1. The number of aromatic hydroxyl groups is 1. The number of hydrogen-bond acceptors (Lipinski definition) is 4. The van der Waals surface area contributed by atoms with Gasteiger partial charge in [0.05, 0.1) is 30.4 Å². The van der Waals surface area contributed by atoms with Crippen LogP contribution < -0.4 is 0 Å². The number of benzene rings is 2. The van der Waals surface area contributed by atoms with Crippen molar-refractivity contribution in [2.24, 2.45) is 0 Å². The first-order chi connectivity index (χ1) is 11.2. The maximum atomic E-state index is 12.6. The van der Waals surface area contributed by atoms with Crippen LogP contribution in [0.5, 0.6) is 5.75 Å². The summed E-state index contributed by atoms with van der Waals surface area (Å²) in [4.78, 5) is 26.6. The van der Waals surface area contributed by atoms with Crippen LogP contribution in [0, 0.1) is 0 Å². The molecule has 0 saturated carbocycles. The van der Waals surface area contributed by atoms with Gasteiger partial charge in [-0.2, -0.15) is 0 Å². The summed E-state index contributed by atoms with van der Waals surface area (Å²) in [6.07, 6.45) is 0. The molecule has 0 spiro atoms. The highest BCUT2D eigenvalue weighted by Crippen LogP contribution is 2.35. The predicted molar refractivity (Wildman–Crippen MR) is 82.4 cm³/mol. The van der Waals surface area contributed by atoms with E-state index < -0.39 is 0 Å². The molecule has 2 aromatic carbocycles. The van der Waals surface area contributed by atoms with Crippen molar-refractivity contribution in [1.29, 1.82) is 0 Å². The lowest BCUT2D eigenvalue weighted by molar-refractivity contribution is 0.0558. The van der Waals surface area contributed by atoms with Gasteiger partial charge in [0, 0.05) is 5.92 Å². The molecule has 2 atom stereocenters. The van der Waals surface area contributed by atoms with Gasteiger partial charge in [-0.3, -0.25) is 14.5 Å². The summed E-state index contributed by atoms with van der Waals surface area (Å²) >= 11 is 0. The fraction of sp³-hybridized carbons (Fsp3) is 0.222. The van der Waals surface area contributed by atoms with Gasteiger partial charge in [0.25, 0.3) is 11.8 Å². The smallest absolute Gasteiger partial charge is 0.261 e. The van der Waals surface area contributed by atoms with Gasteiger partial charge in [-0.25, -0.2) is 0 Å². The van der Waals surface area contributed by atoms with Crippen molar-refractivity contribution in [2.45, 2.75) is 12.0 Å². The molecule has 5 heteroatoms. The minimum absolute atomic E-state index is 0.0854. The Labute approximate surface area is 133 Å². The zero-order valence-corrected chi connectivity index (χ0v) is 12.3. The number of imide groups is 1. The minimum Gasteiger partial charge on any atom is -0.508 e. The quantitative estimate of drug-likeness (QED) is 0.863. The monoisotopic (exact) mass is 309 g/mol. The SMILES string of the molecule is O=C1c2ccccc2C(=O)N1C1COCC1c1ccc(O)cc1. The van der Waals surface area contributed by atoms with E-state index in [0.717, 1.165) is 5.56 Å². The summed E-state index contributed by atoms with van der Waals surface area (Å²) in [5, 5.41) is 9.43. The standard InChI is InChI=1S/C18H15NO4/c20-12-7-5-11(6-8-12)15-9-23-10-16(15)19-17(21)13-3-1-2-4-14(13)18(19)22/h1-8,15-16,20H,9-10H2. The van der Waals surface area contributed by atoms with Gasteiger partial charge < -0.3 is 9.84 Å². The van der Waals surface area contributed by atoms with Crippen molar-refractivity contribution < 1.29 is 19.4 Å². The highest BCUT2D eigenvalue weighted by Gasteiger charge is 2.45. The number of fused-ring (bicyclic) bond motifs is 1. The molecular formula is C18H15NO4. The summed E-state index contributed by atoms with van der Waals surface area (Å²) in [5.74, 6) is -0.419. The number of hydrogen-bond donors (Lipinski definition) is 1. The Morgan fingerprint density at radius 3 is 2.13 bits per heavy atom. The van der Waals surface area contributed by atoms with Gasteiger partial charge in [-0.15, -0.1) is 0 Å². The third-order valence-electron chi connectivity index (χ3n) is 4.53. The van der Waals surface area contributed by atoms with Gasteiger partial charge in [0.2, 0.25) is 0 Å². The number of carbonyl (C=O) groups is 2. The molecule has 2 unspecified atom stereocenters. The molecule has 2 heterocycles. The van der Waals surface area contributed by atoms with E-state index in [9.17, 15) is 14.7 Å². The molecule has 0 radical (unpaired) electrons. The van der Waals surface area contributed by atoms with E-state index in [1.165, 1.54) is 4.90 Å². The molecule has 4 rings (SSSR count). The van der Waals surface area contributed by atoms with Gasteiger partial charge in [-0.05, 0) is 29.8 Å². The Morgan fingerprint density at radius 1 is 0.913 bits per heavy atom. The fourth-order valence-corrected chi connectivity index (χ4v) is 3.35. The van der Waals surface area contributed by atoms with Crippen molar-refractivity contribution in [3.63, 3.8) is 0 Å². The second-order valence-electron chi connectivity index (χ2n) is 5.83. The lowest BCUT2D eigenvalue weighted by Gasteiger charge is -2.26. The van der Waals surface area contributed by atoms with Crippen LogP contribution >= 0.6 is 0 Å². The molecular weight excluding hydrogens is 294 g/mol. The molecule has 1 N–H and O–H groups in total. The number of carbonyl (C=O) groups excluding carboxylic acids is 2. The average Bonchev–Trinajstić information content (AvgIpc) is 3.13. The summed E-state index contributed by atoms with van der Waals surface area (Å²) in [7, 11) is 0. The molecule has 2 amide bonds.